The standard InChI is InChI=1S/C27H20FN5O/c1-15-8-16(10-18(28)9-15)20-4-3-5-23-21(20)12-25(30-23)27-26-24(32-33-27)7-6-22(31-26)17-11-19(34-2)14-29-13-17/h3-14,30H,1-2H3,(H,32,33). The Balaban J connectivity index is 1.49. The van der Waals surface area contributed by atoms with E-state index in [1.807, 2.05) is 55.5 Å². The zero-order valence-electron chi connectivity index (χ0n) is 18.6. The van der Waals surface area contributed by atoms with Crippen molar-refractivity contribution < 1.29 is 9.13 Å². The number of hydrogen-bond acceptors (Lipinski definition) is 4. The molecular formula is C27H20FN5O. The predicted octanol–water partition coefficient (Wildman–Crippen LogP) is 6.29. The monoisotopic (exact) mass is 449 g/mol. The van der Waals surface area contributed by atoms with E-state index < -0.39 is 0 Å². The van der Waals surface area contributed by atoms with Crippen molar-refractivity contribution in [2.24, 2.45) is 0 Å². The number of methoxy groups -OCH3 is 1. The van der Waals surface area contributed by atoms with Crippen molar-refractivity contribution in [1.82, 2.24) is 25.1 Å². The summed E-state index contributed by atoms with van der Waals surface area (Å²) in [6.07, 6.45) is 3.42. The lowest BCUT2D eigenvalue weighted by molar-refractivity contribution is 0.413. The van der Waals surface area contributed by atoms with Gasteiger partial charge in [-0.2, -0.15) is 5.10 Å². The first-order chi connectivity index (χ1) is 16.6. The molecule has 0 saturated carbocycles. The van der Waals surface area contributed by atoms with Crippen molar-refractivity contribution in [3.05, 3.63) is 84.4 Å². The summed E-state index contributed by atoms with van der Waals surface area (Å²) in [6.45, 7) is 1.90. The summed E-state index contributed by atoms with van der Waals surface area (Å²) < 4.78 is 19.4. The van der Waals surface area contributed by atoms with E-state index in [0.29, 0.717) is 11.4 Å². The molecule has 0 atom stereocenters. The molecule has 4 heterocycles. The van der Waals surface area contributed by atoms with Crippen LogP contribution >= 0.6 is 0 Å². The van der Waals surface area contributed by atoms with Gasteiger partial charge >= 0.3 is 0 Å². The van der Waals surface area contributed by atoms with Gasteiger partial charge in [0.1, 0.15) is 22.8 Å². The van der Waals surface area contributed by atoms with Gasteiger partial charge < -0.3 is 9.72 Å². The molecule has 6 rings (SSSR count). The topological polar surface area (TPSA) is 79.5 Å². The summed E-state index contributed by atoms with van der Waals surface area (Å²) in [5.41, 5.74) is 8.36. The molecule has 6 aromatic rings. The maximum absolute atomic E-state index is 14.1. The molecule has 166 valence electrons. The average Bonchev–Trinajstić information content (AvgIpc) is 3.46. The Kier molecular flexibility index (Phi) is 4.62. The number of nitrogens with zero attached hydrogens (tertiary/aromatic N) is 3. The molecule has 0 bridgehead atoms. The predicted molar refractivity (Wildman–Crippen MR) is 131 cm³/mol. The summed E-state index contributed by atoms with van der Waals surface area (Å²) in [7, 11) is 1.61. The van der Waals surface area contributed by atoms with Crippen molar-refractivity contribution in [2.45, 2.75) is 6.92 Å². The number of hydrogen-bond donors (Lipinski definition) is 2. The summed E-state index contributed by atoms with van der Waals surface area (Å²) in [5.74, 6) is 0.423. The molecule has 0 aliphatic rings. The minimum absolute atomic E-state index is 0.246. The first kappa shape index (κ1) is 20.1. The zero-order valence-corrected chi connectivity index (χ0v) is 18.6. The van der Waals surface area contributed by atoms with Crippen LogP contribution in [0.25, 0.3) is 55.7 Å². The molecule has 2 N–H and O–H groups in total. The van der Waals surface area contributed by atoms with Gasteiger partial charge in [-0.25, -0.2) is 9.37 Å². The van der Waals surface area contributed by atoms with E-state index in [4.69, 9.17) is 9.72 Å². The normalized spacial score (nSPS) is 11.4. The highest BCUT2D eigenvalue weighted by Gasteiger charge is 2.16. The second-order valence-corrected chi connectivity index (χ2v) is 8.25. The summed E-state index contributed by atoms with van der Waals surface area (Å²) in [5, 5.41) is 8.60. The lowest BCUT2D eigenvalue weighted by atomic mass is 10.00. The van der Waals surface area contributed by atoms with Gasteiger partial charge in [-0.05, 0) is 66.1 Å². The third-order valence-electron chi connectivity index (χ3n) is 5.92. The Bertz CT molecular complexity index is 1660. The van der Waals surface area contributed by atoms with E-state index in [1.54, 1.807) is 25.6 Å². The molecule has 7 heteroatoms. The van der Waals surface area contributed by atoms with Gasteiger partial charge in [0.25, 0.3) is 0 Å². The van der Waals surface area contributed by atoms with Gasteiger partial charge in [0.2, 0.25) is 0 Å². The van der Waals surface area contributed by atoms with Crippen LogP contribution in [0.5, 0.6) is 5.75 Å². The molecule has 0 amide bonds. The Hall–Kier alpha value is -4.52. The fourth-order valence-electron chi connectivity index (χ4n) is 4.34. The average molecular weight is 449 g/mol. The lowest BCUT2D eigenvalue weighted by Gasteiger charge is -2.05. The third kappa shape index (κ3) is 3.38. The van der Waals surface area contributed by atoms with Crippen LogP contribution < -0.4 is 4.74 Å². The molecule has 4 aromatic heterocycles. The fraction of sp³-hybridized carbons (Fsp3) is 0.0741. The third-order valence-corrected chi connectivity index (χ3v) is 5.92. The van der Waals surface area contributed by atoms with Crippen molar-refractivity contribution in [1.29, 1.82) is 0 Å². The number of rotatable bonds is 4. The minimum atomic E-state index is -0.246. The van der Waals surface area contributed by atoms with E-state index in [9.17, 15) is 4.39 Å². The molecule has 0 spiro atoms. The molecule has 6 nitrogen and oxygen atoms in total. The summed E-state index contributed by atoms with van der Waals surface area (Å²) in [6, 6.07) is 18.9. The number of fused-ring (bicyclic) bond motifs is 2. The van der Waals surface area contributed by atoms with Crippen LogP contribution in [0.4, 0.5) is 4.39 Å². The Labute approximate surface area is 194 Å². The van der Waals surface area contributed by atoms with E-state index in [1.165, 1.54) is 6.07 Å². The molecule has 34 heavy (non-hydrogen) atoms. The zero-order chi connectivity index (χ0) is 23.2. The smallest absolute Gasteiger partial charge is 0.137 e. The number of ether oxygens (including phenoxy) is 1. The number of halogens is 1. The highest BCUT2D eigenvalue weighted by atomic mass is 19.1. The first-order valence-electron chi connectivity index (χ1n) is 10.8. The van der Waals surface area contributed by atoms with Crippen molar-refractivity contribution in [3.63, 3.8) is 0 Å². The summed E-state index contributed by atoms with van der Waals surface area (Å²) in [4.78, 5) is 12.6. The van der Waals surface area contributed by atoms with Gasteiger partial charge in [0, 0.05) is 22.7 Å². The van der Waals surface area contributed by atoms with E-state index in [-0.39, 0.29) is 5.82 Å². The van der Waals surface area contributed by atoms with Crippen LogP contribution in [0.3, 0.4) is 0 Å². The number of aromatic amines is 2. The summed E-state index contributed by atoms with van der Waals surface area (Å²) >= 11 is 0. The van der Waals surface area contributed by atoms with Gasteiger partial charge in [-0.3, -0.25) is 10.1 Å². The quantitative estimate of drug-likeness (QED) is 0.331. The number of nitrogens with one attached hydrogen (secondary N) is 2. The second kappa shape index (κ2) is 7.81. The number of aryl methyl sites for hydroxylation is 1. The van der Waals surface area contributed by atoms with E-state index in [2.05, 4.69) is 20.2 Å². The Morgan fingerprint density at radius 1 is 0.912 bits per heavy atom. The fourth-order valence-corrected chi connectivity index (χ4v) is 4.34. The molecule has 0 aliphatic carbocycles. The largest absolute Gasteiger partial charge is 0.495 e. The van der Waals surface area contributed by atoms with E-state index in [0.717, 1.165) is 55.6 Å². The molecular weight excluding hydrogens is 429 g/mol. The Morgan fingerprint density at radius 2 is 1.82 bits per heavy atom. The van der Waals surface area contributed by atoms with Crippen molar-refractivity contribution >= 4 is 21.9 Å². The Morgan fingerprint density at radius 3 is 2.68 bits per heavy atom. The number of H-pyrrole nitrogens is 2. The van der Waals surface area contributed by atoms with Gasteiger partial charge in [0.05, 0.1) is 30.2 Å². The molecule has 0 aliphatic heterocycles. The van der Waals surface area contributed by atoms with Crippen molar-refractivity contribution in [2.75, 3.05) is 7.11 Å². The number of pyridine rings is 2. The van der Waals surface area contributed by atoms with Crippen LogP contribution in [0.2, 0.25) is 0 Å². The highest BCUT2D eigenvalue weighted by molar-refractivity contribution is 6.00. The van der Waals surface area contributed by atoms with Crippen LogP contribution in [0.1, 0.15) is 5.56 Å². The maximum atomic E-state index is 14.1. The van der Waals surface area contributed by atoms with Crippen molar-refractivity contribution in [3.8, 4) is 39.5 Å². The molecule has 0 unspecified atom stereocenters. The minimum Gasteiger partial charge on any atom is -0.495 e. The molecule has 0 radical (unpaired) electrons. The number of benzene rings is 2. The molecule has 0 saturated heterocycles. The lowest BCUT2D eigenvalue weighted by Crippen LogP contribution is -1.89. The van der Waals surface area contributed by atoms with Gasteiger partial charge in [-0.15, -0.1) is 0 Å². The molecule has 0 fully saturated rings. The van der Waals surface area contributed by atoms with Crippen LogP contribution in [0.15, 0.2) is 73.1 Å². The first-order valence-corrected chi connectivity index (χ1v) is 10.8. The number of aromatic nitrogens is 5. The SMILES string of the molecule is COc1cncc(-c2ccc3[nH]nc(-c4cc5c(-c6cc(C)cc(F)c6)cccc5[nH]4)c3n2)c1. The molecule has 2 aromatic carbocycles. The van der Waals surface area contributed by atoms with Gasteiger partial charge in [0.15, 0.2) is 0 Å². The van der Waals surface area contributed by atoms with Gasteiger partial charge in [-0.1, -0.05) is 18.2 Å². The van der Waals surface area contributed by atoms with Crippen LogP contribution in [-0.4, -0.2) is 32.3 Å². The second-order valence-electron chi connectivity index (χ2n) is 8.25. The van der Waals surface area contributed by atoms with Crippen LogP contribution in [-0.2, 0) is 0 Å². The van der Waals surface area contributed by atoms with Crippen LogP contribution in [0, 0.1) is 12.7 Å². The maximum Gasteiger partial charge on any atom is 0.137 e. The van der Waals surface area contributed by atoms with E-state index >= 15 is 0 Å². The highest BCUT2D eigenvalue weighted by Crippen LogP contribution is 2.35.